The fourth-order valence-electron chi connectivity index (χ4n) is 11.2. The maximum Gasteiger partial charge on any atom is 0.330 e. The van der Waals surface area contributed by atoms with Crippen molar-refractivity contribution in [2.75, 3.05) is 31.4 Å². The van der Waals surface area contributed by atoms with Gasteiger partial charge in [-0.1, -0.05) is 119 Å². The number of nitrogens with zero attached hydrogens (tertiary/aromatic N) is 3. The van der Waals surface area contributed by atoms with E-state index in [0.29, 0.717) is 101 Å². The number of ether oxygens (including phenoxy) is 7. The topological polar surface area (TPSA) is 196 Å². The number of thiazole rings is 1. The van der Waals surface area contributed by atoms with Gasteiger partial charge in [-0.25, -0.2) is 19.6 Å². The molecule has 5 aromatic carbocycles. The number of hydrazone groups is 1. The second-order valence-corrected chi connectivity index (χ2v) is 24.0. The van der Waals surface area contributed by atoms with Gasteiger partial charge in [0.25, 0.3) is 0 Å². The largest absolute Gasteiger partial charge is 0.494 e. The van der Waals surface area contributed by atoms with Crippen LogP contribution in [0.4, 0.5) is 5.13 Å². The summed E-state index contributed by atoms with van der Waals surface area (Å²) in [5.41, 5.74) is 2.51. The molecule has 0 saturated heterocycles. The number of benzene rings is 5. The first kappa shape index (κ1) is 66.8. The van der Waals surface area contributed by atoms with E-state index in [1.165, 1.54) is 11.6 Å². The first-order valence-corrected chi connectivity index (χ1v) is 32.8. The first-order valence-electron chi connectivity index (χ1n) is 32.0. The Morgan fingerprint density at radius 1 is 0.539 bits per heavy atom. The molecular weight excluding hydrogens is 1150 g/mol. The second-order valence-electron chi connectivity index (χ2n) is 23.0. The van der Waals surface area contributed by atoms with Crippen LogP contribution in [-0.2, 0) is 44.7 Å². The van der Waals surface area contributed by atoms with E-state index in [1.54, 1.807) is 60.0 Å². The van der Waals surface area contributed by atoms with Gasteiger partial charge in [-0.05, 0) is 174 Å². The number of rotatable bonds is 35. The van der Waals surface area contributed by atoms with Crippen molar-refractivity contribution in [3.8, 4) is 28.7 Å². The molecule has 2 aliphatic carbocycles. The van der Waals surface area contributed by atoms with Crippen molar-refractivity contribution in [3.63, 3.8) is 0 Å². The molecule has 0 unspecified atom stereocenters. The summed E-state index contributed by atoms with van der Waals surface area (Å²) in [4.78, 5) is 82.2. The van der Waals surface area contributed by atoms with Gasteiger partial charge in [-0.3, -0.25) is 19.2 Å². The minimum atomic E-state index is -0.467. The molecular formula is C72H85N3O13S. The monoisotopic (exact) mass is 1230 g/mol. The molecule has 16 nitrogen and oxygen atoms in total. The summed E-state index contributed by atoms with van der Waals surface area (Å²) >= 11 is 1.56. The maximum absolute atomic E-state index is 14.1. The molecule has 1 aromatic heterocycles. The van der Waals surface area contributed by atoms with Gasteiger partial charge < -0.3 is 33.2 Å². The normalized spacial score (nSPS) is 16.5. The fourth-order valence-corrected chi connectivity index (χ4v) is 12.1. The van der Waals surface area contributed by atoms with Crippen LogP contribution >= 0.6 is 11.3 Å². The van der Waals surface area contributed by atoms with E-state index >= 15 is 0 Å². The van der Waals surface area contributed by atoms with Gasteiger partial charge in [0, 0.05) is 29.6 Å². The van der Waals surface area contributed by atoms with Crippen molar-refractivity contribution >= 4 is 79.5 Å². The van der Waals surface area contributed by atoms with Gasteiger partial charge in [0.1, 0.15) is 28.7 Å². The predicted octanol–water partition coefficient (Wildman–Crippen LogP) is 15.8. The Morgan fingerprint density at radius 2 is 1.03 bits per heavy atom. The third kappa shape index (κ3) is 21.3. The Labute approximate surface area is 527 Å². The number of hydrogen-bond donors (Lipinski definition) is 0. The lowest BCUT2D eigenvalue weighted by atomic mass is 9.82. The van der Waals surface area contributed by atoms with Gasteiger partial charge in [-0.15, -0.1) is 0 Å². The van der Waals surface area contributed by atoms with Crippen LogP contribution in [0.15, 0.2) is 134 Å². The number of esters is 6. The highest BCUT2D eigenvalue weighted by Crippen LogP contribution is 2.37. The van der Waals surface area contributed by atoms with Crippen molar-refractivity contribution in [2.45, 2.75) is 155 Å². The number of unbranched alkanes of at least 4 members (excludes halogenated alkanes) is 11. The van der Waals surface area contributed by atoms with Crippen molar-refractivity contribution in [2.24, 2.45) is 28.8 Å². The second kappa shape index (κ2) is 35.7. The Kier molecular flexibility index (Phi) is 26.8. The molecule has 17 heteroatoms. The van der Waals surface area contributed by atoms with Crippen LogP contribution in [0.3, 0.4) is 0 Å². The van der Waals surface area contributed by atoms with Crippen LogP contribution in [0.2, 0.25) is 0 Å². The van der Waals surface area contributed by atoms with Crippen LogP contribution in [-0.4, -0.2) is 73.4 Å². The van der Waals surface area contributed by atoms with Crippen LogP contribution in [0.25, 0.3) is 21.0 Å². The Morgan fingerprint density at radius 3 is 1.62 bits per heavy atom. The summed E-state index contributed by atoms with van der Waals surface area (Å²) in [6.07, 6.45) is 22.3. The summed E-state index contributed by atoms with van der Waals surface area (Å²) in [5.74, 6) is -1.83. The lowest BCUT2D eigenvalue weighted by Crippen LogP contribution is -2.30. The molecule has 2 saturated carbocycles. The van der Waals surface area contributed by atoms with Gasteiger partial charge >= 0.3 is 35.8 Å². The van der Waals surface area contributed by atoms with Crippen molar-refractivity contribution in [3.05, 3.63) is 140 Å². The van der Waals surface area contributed by atoms with Crippen LogP contribution < -0.4 is 28.7 Å². The molecule has 2 aliphatic rings. The summed E-state index contributed by atoms with van der Waals surface area (Å²) in [6, 6.07) is 31.9. The molecule has 2 fully saturated rings. The number of aryl methyl sites for hydroxylation is 1. The van der Waals surface area contributed by atoms with E-state index in [4.69, 9.17) is 43.2 Å². The van der Waals surface area contributed by atoms with Gasteiger partial charge in [0.15, 0.2) is 0 Å². The van der Waals surface area contributed by atoms with E-state index in [1.807, 2.05) is 41.4 Å². The van der Waals surface area contributed by atoms with Crippen molar-refractivity contribution in [1.82, 2.24) is 4.98 Å². The Bertz CT molecular complexity index is 3320. The van der Waals surface area contributed by atoms with Crippen LogP contribution in [0.5, 0.6) is 28.7 Å². The summed E-state index contributed by atoms with van der Waals surface area (Å²) in [5, 5.41) is 9.79. The predicted molar refractivity (Wildman–Crippen MR) is 347 cm³/mol. The highest BCUT2D eigenvalue weighted by Gasteiger charge is 2.34. The molecule has 0 radical (unpaired) electrons. The van der Waals surface area contributed by atoms with E-state index in [9.17, 15) is 28.8 Å². The number of anilines is 1. The smallest absolute Gasteiger partial charge is 0.330 e. The Balaban J connectivity index is 0.855. The third-order valence-electron chi connectivity index (χ3n) is 16.4. The molecule has 0 amide bonds. The fraction of sp³-hybridized carbons (Fsp3) is 0.444. The molecule has 0 bridgehead atoms. The number of hydrogen-bond acceptors (Lipinski definition) is 17. The summed E-state index contributed by atoms with van der Waals surface area (Å²) in [6.45, 7) is 10.9. The minimum Gasteiger partial charge on any atom is -0.494 e. The van der Waals surface area contributed by atoms with E-state index in [-0.39, 0.29) is 41.2 Å². The first-order chi connectivity index (χ1) is 43.5. The highest BCUT2D eigenvalue weighted by molar-refractivity contribution is 7.22. The molecule has 0 aliphatic heterocycles. The lowest BCUT2D eigenvalue weighted by molar-refractivity contribution is -0.145. The average Bonchev–Trinajstić information content (AvgIpc) is 4.27. The molecule has 0 atom stereocenters. The third-order valence-corrected chi connectivity index (χ3v) is 17.5. The molecule has 0 N–H and O–H groups in total. The molecule has 1 heterocycles. The zero-order valence-electron chi connectivity index (χ0n) is 51.4. The van der Waals surface area contributed by atoms with E-state index < -0.39 is 29.7 Å². The van der Waals surface area contributed by atoms with Crippen molar-refractivity contribution in [1.29, 1.82) is 0 Å². The molecule has 8 rings (SSSR count). The summed E-state index contributed by atoms with van der Waals surface area (Å²) in [7, 11) is 0. The Hall–Kier alpha value is -8.18. The van der Waals surface area contributed by atoms with E-state index in [0.717, 1.165) is 129 Å². The maximum atomic E-state index is 14.1. The van der Waals surface area contributed by atoms with Gasteiger partial charge in [0.05, 0.1) is 59.9 Å². The average molecular weight is 1230 g/mol. The minimum absolute atomic E-state index is 0.247. The van der Waals surface area contributed by atoms with Crippen LogP contribution in [0, 0.1) is 23.7 Å². The number of carbonyl (C=O) groups excluding carboxylic acids is 6. The number of carbonyl (C=O) groups is 6. The van der Waals surface area contributed by atoms with Crippen molar-refractivity contribution < 1.29 is 61.9 Å². The molecule has 89 heavy (non-hydrogen) atoms. The van der Waals surface area contributed by atoms with Crippen LogP contribution in [0.1, 0.15) is 159 Å². The van der Waals surface area contributed by atoms with Gasteiger partial charge in [0.2, 0.25) is 5.13 Å². The summed E-state index contributed by atoms with van der Waals surface area (Å²) < 4.78 is 40.8. The zero-order valence-corrected chi connectivity index (χ0v) is 52.2. The SMILES string of the molecule is C=CC(=O)OCCCCCCCCc1ccc(OC(=O)C2CCC(C(=O)Oc3ccc(OC(=O)C4CCC(C(=O)Oc5ccc(OCCCCCCOC(=O)C=C)cc5)CC4)c(/C=N/N(CCCCCC)c4nc5c(ccc6ccccc65)s4)c3)CC2)cc1. The molecule has 6 aromatic rings. The molecule has 472 valence electrons. The lowest BCUT2D eigenvalue weighted by Gasteiger charge is -2.26. The van der Waals surface area contributed by atoms with E-state index in [2.05, 4.69) is 44.3 Å². The zero-order chi connectivity index (χ0) is 62.6. The number of aromatic nitrogens is 1. The standard InChI is InChI=1S/C72H85N3O13S/c1-4-7-8-18-45-75(72-74-67-62-24-17-16-23-52(62)35-44-64(67)89-72)73-50-57-49-61(87-70(80)55-29-27-53(28-30-55)68(78)85-59-36-25-51(26-37-59)22-15-11-9-10-12-20-47-83-65(76)5-2)42-43-63(57)88-71(81)56-33-31-54(32-34-56)69(79)86-60-40-38-58(39-41-60)82-46-19-13-14-21-48-84-66(77)6-3/h5-6,16-17,23-26,35-44,49-50,53-56H,2-4,7-15,18-22,27-34,45-48H2,1H3/b73-50+. The highest BCUT2D eigenvalue weighted by atomic mass is 32.1. The molecule has 0 spiro atoms. The quantitative estimate of drug-likeness (QED) is 0.00909. The number of fused-ring (bicyclic) bond motifs is 3. The van der Waals surface area contributed by atoms with Gasteiger partial charge in [-0.2, -0.15) is 5.10 Å².